The first kappa shape index (κ1) is 10.6. The van der Waals surface area contributed by atoms with Gasteiger partial charge in [0.1, 0.15) is 6.20 Å². The Balaban J connectivity index is 2.38. The van der Waals surface area contributed by atoms with E-state index in [4.69, 9.17) is 11.6 Å². The molecule has 5 heteroatoms. The SMILES string of the molecule is O=[N+]([O-])c1ccc(-c2cccc(Cl)c2)nc1. The highest BCUT2D eigenvalue weighted by molar-refractivity contribution is 6.30. The predicted octanol–water partition coefficient (Wildman–Crippen LogP) is 3.31. The maximum atomic E-state index is 10.4. The molecule has 1 heterocycles. The van der Waals surface area contributed by atoms with Crippen LogP contribution in [0, 0.1) is 10.1 Å². The zero-order chi connectivity index (χ0) is 11.5. The Morgan fingerprint density at radius 3 is 2.62 bits per heavy atom. The van der Waals surface area contributed by atoms with E-state index in [1.807, 2.05) is 6.07 Å². The molecule has 0 N–H and O–H groups in total. The van der Waals surface area contributed by atoms with Crippen LogP contribution in [-0.4, -0.2) is 9.91 Å². The molecule has 0 amide bonds. The second-order valence-electron chi connectivity index (χ2n) is 3.17. The highest BCUT2D eigenvalue weighted by Gasteiger charge is 2.06. The number of aromatic nitrogens is 1. The lowest BCUT2D eigenvalue weighted by Crippen LogP contribution is -1.90. The summed E-state index contributed by atoms with van der Waals surface area (Å²) in [5.41, 5.74) is 1.47. The Kier molecular flexibility index (Phi) is 2.83. The summed E-state index contributed by atoms with van der Waals surface area (Å²) in [5.74, 6) is 0. The van der Waals surface area contributed by atoms with Crippen molar-refractivity contribution in [1.82, 2.24) is 4.98 Å². The first-order valence-electron chi connectivity index (χ1n) is 4.53. The van der Waals surface area contributed by atoms with E-state index in [0.717, 1.165) is 5.56 Å². The molecule has 2 aromatic rings. The summed E-state index contributed by atoms with van der Waals surface area (Å²) < 4.78 is 0. The minimum atomic E-state index is -0.477. The van der Waals surface area contributed by atoms with Crippen molar-refractivity contribution in [1.29, 1.82) is 0 Å². The Morgan fingerprint density at radius 1 is 1.25 bits per heavy atom. The molecule has 0 aliphatic heterocycles. The van der Waals surface area contributed by atoms with E-state index in [1.165, 1.54) is 12.3 Å². The van der Waals surface area contributed by atoms with E-state index in [-0.39, 0.29) is 5.69 Å². The highest BCUT2D eigenvalue weighted by Crippen LogP contribution is 2.22. The van der Waals surface area contributed by atoms with Gasteiger partial charge in [-0.3, -0.25) is 10.1 Å². The number of pyridine rings is 1. The molecule has 0 saturated heterocycles. The van der Waals surface area contributed by atoms with E-state index < -0.39 is 4.92 Å². The van der Waals surface area contributed by atoms with E-state index in [2.05, 4.69) is 4.98 Å². The Morgan fingerprint density at radius 2 is 2.06 bits per heavy atom. The van der Waals surface area contributed by atoms with Crippen molar-refractivity contribution < 1.29 is 4.92 Å². The average molecular weight is 235 g/mol. The van der Waals surface area contributed by atoms with E-state index in [1.54, 1.807) is 24.3 Å². The van der Waals surface area contributed by atoms with Gasteiger partial charge >= 0.3 is 0 Å². The topological polar surface area (TPSA) is 56.0 Å². The number of halogens is 1. The van der Waals surface area contributed by atoms with Gasteiger partial charge in [0.15, 0.2) is 0 Å². The van der Waals surface area contributed by atoms with Gasteiger partial charge in [-0.1, -0.05) is 23.7 Å². The van der Waals surface area contributed by atoms with Crippen molar-refractivity contribution in [3.05, 3.63) is 57.7 Å². The van der Waals surface area contributed by atoms with E-state index in [9.17, 15) is 10.1 Å². The number of nitro groups is 1. The molecule has 4 nitrogen and oxygen atoms in total. The Labute approximate surface area is 96.7 Å². The van der Waals surface area contributed by atoms with Gasteiger partial charge in [0.05, 0.1) is 10.6 Å². The molecule has 1 aromatic heterocycles. The lowest BCUT2D eigenvalue weighted by atomic mass is 10.1. The maximum absolute atomic E-state index is 10.4. The maximum Gasteiger partial charge on any atom is 0.287 e. The molecule has 0 aliphatic carbocycles. The summed E-state index contributed by atoms with van der Waals surface area (Å²) in [4.78, 5) is 14.0. The molecule has 0 fully saturated rings. The normalized spacial score (nSPS) is 10.1. The molecule has 2 rings (SSSR count). The quantitative estimate of drug-likeness (QED) is 0.592. The molecule has 0 atom stereocenters. The third-order valence-corrected chi connectivity index (χ3v) is 2.31. The molecular formula is C11H7ClN2O2. The van der Waals surface area contributed by atoms with Crippen molar-refractivity contribution in [3.63, 3.8) is 0 Å². The third kappa shape index (κ3) is 2.17. The highest BCUT2D eigenvalue weighted by atomic mass is 35.5. The second kappa shape index (κ2) is 4.28. The van der Waals surface area contributed by atoms with Gasteiger partial charge < -0.3 is 0 Å². The van der Waals surface area contributed by atoms with Crippen molar-refractivity contribution >= 4 is 17.3 Å². The van der Waals surface area contributed by atoms with Gasteiger partial charge in [-0.15, -0.1) is 0 Å². The molecule has 0 bridgehead atoms. The number of hydrogen-bond donors (Lipinski definition) is 0. The van der Waals surface area contributed by atoms with Crippen LogP contribution < -0.4 is 0 Å². The summed E-state index contributed by atoms with van der Waals surface area (Å²) in [6.45, 7) is 0. The van der Waals surface area contributed by atoms with Crippen molar-refractivity contribution in [2.45, 2.75) is 0 Å². The van der Waals surface area contributed by atoms with E-state index >= 15 is 0 Å². The fourth-order valence-corrected chi connectivity index (χ4v) is 1.50. The van der Waals surface area contributed by atoms with Crippen LogP contribution in [0.2, 0.25) is 5.02 Å². The smallest absolute Gasteiger partial charge is 0.258 e. The van der Waals surface area contributed by atoms with Gasteiger partial charge in [-0.25, -0.2) is 4.98 Å². The third-order valence-electron chi connectivity index (χ3n) is 2.08. The molecule has 0 unspecified atom stereocenters. The summed E-state index contributed by atoms with van der Waals surface area (Å²) >= 11 is 5.84. The van der Waals surface area contributed by atoms with Crippen LogP contribution in [0.15, 0.2) is 42.6 Å². The Bertz CT molecular complexity index is 526. The van der Waals surface area contributed by atoms with Crippen LogP contribution in [0.4, 0.5) is 5.69 Å². The minimum absolute atomic E-state index is 0.0224. The van der Waals surface area contributed by atoms with Crippen LogP contribution in [-0.2, 0) is 0 Å². The van der Waals surface area contributed by atoms with Crippen LogP contribution in [0.25, 0.3) is 11.3 Å². The lowest BCUT2D eigenvalue weighted by Gasteiger charge is -2.00. The van der Waals surface area contributed by atoms with Crippen molar-refractivity contribution in [3.8, 4) is 11.3 Å². The largest absolute Gasteiger partial charge is 0.287 e. The number of nitrogens with zero attached hydrogens (tertiary/aromatic N) is 2. The van der Waals surface area contributed by atoms with Crippen LogP contribution in [0.5, 0.6) is 0 Å². The predicted molar refractivity (Wildman–Crippen MR) is 61.3 cm³/mol. The van der Waals surface area contributed by atoms with Crippen molar-refractivity contribution in [2.75, 3.05) is 0 Å². The van der Waals surface area contributed by atoms with Gasteiger partial charge in [-0.2, -0.15) is 0 Å². The van der Waals surface area contributed by atoms with Crippen LogP contribution >= 0.6 is 11.6 Å². The Hall–Kier alpha value is -1.94. The fourth-order valence-electron chi connectivity index (χ4n) is 1.31. The monoisotopic (exact) mass is 234 g/mol. The summed E-state index contributed by atoms with van der Waals surface area (Å²) in [7, 11) is 0. The van der Waals surface area contributed by atoms with Gasteiger partial charge in [0.25, 0.3) is 5.69 Å². The van der Waals surface area contributed by atoms with E-state index in [0.29, 0.717) is 10.7 Å². The number of rotatable bonds is 2. The molecular weight excluding hydrogens is 228 g/mol. The fraction of sp³-hybridized carbons (Fsp3) is 0. The summed E-state index contributed by atoms with van der Waals surface area (Å²) in [6.07, 6.45) is 1.23. The van der Waals surface area contributed by atoms with Gasteiger partial charge in [-0.05, 0) is 18.2 Å². The molecule has 0 radical (unpaired) electrons. The molecule has 1 aromatic carbocycles. The summed E-state index contributed by atoms with van der Waals surface area (Å²) in [5, 5.41) is 11.1. The van der Waals surface area contributed by atoms with Gasteiger partial charge in [0, 0.05) is 16.7 Å². The first-order valence-corrected chi connectivity index (χ1v) is 4.91. The standard InChI is InChI=1S/C11H7ClN2O2/c12-9-3-1-2-8(6-9)11-5-4-10(7-13-11)14(15)16/h1-7H. The molecule has 0 spiro atoms. The van der Waals surface area contributed by atoms with Crippen LogP contribution in [0.3, 0.4) is 0 Å². The average Bonchev–Trinajstić information content (AvgIpc) is 2.29. The summed E-state index contributed by atoms with van der Waals surface area (Å²) in [6, 6.07) is 10.2. The number of hydrogen-bond acceptors (Lipinski definition) is 3. The lowest BCUT2D eigenvalue weighted by molar-refractivity contribution is -0.385. The molecule has 16 heavy (non-hydrogen) atoms. The zero-order valence-corrected chi connectivity index (χ0v) is 8.89. The van der Waals surface area contributed by atoms with Gasteiger partial charge in [0.2, 0.25) is 0 Å². The first-order chi connectivity index (χ1) is 7.66. The van der Waals surface area contributed by atoms with Crippen molar-refractivity contribution in [2.24, 2.45) is 0 Å². The molecule has 0 saturated carbocycles. The molecule has 0 aliphatic rings. The number of benzene rings is 1. The molecule has 80 valence electrons. The minimum Gasteiger partial charge on any atom is -0.258 e. The van der Waals surface area contributed by atoms with Crippen LogP contribution in [0.1, 0.15) is 0 Å². The second-order valence-corrected chi connectivity index (χ2v) is 3.61. The zero-order valence-electron chi connectivity index (χ0n) is 8.13.